The van der Waals surface area contributed by atoms with Crippen molar-refractivity contribution in [3.8, 4) is 0 Å². The van der Waals surface area contributed by atoms with Crippen LogP contribution in [-0.4, -0.2) is 28.3 Å². The molecule has 0 aromatic heterocycles. The summed E-state index contributed by atoms with van der Waals surface area (Å²) in [5.41, 5.74) is 3.67. The summed E-state index contributed by atoms with van der Waals surface area (Å²) in [7, 11) is 0. The maximum Gasteiger partial charge on any atom is 0.151 e. The molecular formula is C14H18OS2. The Balaban J connectivity index is 2.01. The molecule has 1 atom stereocenters. The minimum Gasteiger partial charge on any atom is -0.298 e. The van der Waals surface area contributed by atoms with Crippen LogP contribution in [0.5, 0.6) is 0 Å². The first-order valence-electron chi connectivity index (χ1n) is 5.94. The van der Waals surface area contributed by atoms with Crippen LogP contribution in [0, 0.1) is 13.8 Å². The maximum absolute atomic E-state index is 12.2. The predicted octanol–water partition coefficient (Wildman–Crippen LogP) is 3.26. The first-order valence-corrected chi connectivity index (χ1v) is 8.15. The third kappa shape index (κ3) is 3.78. The zero-order valence-electron chi connectivity index (χ0n) is 10.4. The van der Waals surface area contributed by atoms with Crippen molar-refractivity contribution in [2.24, 2.45) is 0 Å². The highest BCUT2D eigenvalue weighted by molar-refractivity contribution is 8.07. The van der Waals surface area contributed by atoms with Crippen LogP contribution >= 0.6 is 23.5 Å². The van der Waals surface area contributed by atoms with Gasteiger partial charge in [-0.3, -0.25) is 4.79 Å². The zero-order chi connectivity index (χ0) is 12.3. The van der Waals surface area contributed by atoms with Gasteiger partial charge in [-0.05, 0) is 19.4 Å². The number of hydrogen-bond acceptors (Lipinski definition) is 3. The molecule has 1 aromatic carbocycles. The predicted molar refractivity (Wildman–Crippen MR) is 78.2 cm³/mol. The quantitative estimate of drug-likeness (QED) is 0.836. The Morgan fingerprint density at radius 2 is 1.94 bits per heavy atom. The first-order chi connectivity index (χ1) is 8.15. The van der Waals surface area contributed by atoms with Crippen LogP contribution in [0.3, 0.4) is 0 Å². The molecule has 0 saturated carbocycles. The average Bonchev–Trinajstić information content (AvgIpc) is 2.28. The fraction of sp³-hybridized carbons (Fsp3) is 0.500. The molecule has 17 heavy (non-hydrogen) atoms. The largest absolute Gasteiger partial charge is 0.298 e. The lowest BCUT2D eigenvalue weighted by Crippen LogP contribution is -2.25. The fourth-order valence-electron chi connectivity index (χ4n) is 2.16. The molecule has 1 aliphatic rings. The van der Waals surface area contributed by atoms with Crippen LogP contribution in [0.2, 0.25) is 0 Å². The van der Waals surface area contributed by atoms with Gasteiger partial charge in [0.25, 0.3) is 0 Å². The van der Waals surface area contributed by atoms with Crippen LogP contribution in [0.15, 0.2) is 18.2 Å². The Bertz CT molecular complexity index is 388. The van der Waals surface area contributed by atoms with E-state index in [2.05, 4.69) is 32.0 Å². The normalized spacial score (nSPS) is 20.2. The van der Waals surface area contributed by atoms with Crippen molar-refractivity contribution in [1.82, 2.24) is 0 Å². The van der Waals surface area contributed by atoms with Crippen LogP contribution in [-0.2, 0) is 11.2 Å². The van der Waals surface area contributed by atoms with Gasteiger partial charge in [0.1, 0.15) is 0 Å². The monoisotopic (exact) mass is 266 g/mol. The van der Waals surface area contributed by atoms with Gasteiger partial charge in [-0.25, -0.2) is 0 Å². The summed E-state index contributed by atoms with van der Waals surface area (Å²) in [6.45, 7) is 4.18. The lowest BCUT2D eigenvalue weighted by Gasteiger charge is -2.19. The molecule has 0 N–H and O–H groups in total. The number of thioether (sulfide) groups is 2. The minimum absolute atomic E-state index is 0.217. The average molecular weight is 266 g/mol. The number of rotatable bonds is 3. The summed E-state index contributed by atoms with van der Waals surface area (Å²) in [5, 5.41) is 0.217. The Morgan fingerprint density at radius 3 is 2.53 bits per heavy atom. The summed E-state index contributed by atoms with van der Waals surface area (Å²) < 4.78 is 0. The highest BCUT2D eigenvalue weighted by Crippen LogP contribution is 2.25. The van der Waals surface area contributed by atoms with Crippen LogP contribution in [0.4, 0.5) is 0 Å². The topological polar surface area (TPSA) is 17.1 Å². The summed E-state index contributed by atoms with van der Waals surface area (Å²) in [5.74, 6) is 3.70. The second-order valence-electron chi connectivity index (χ2n) is 4.57. The number of aryl methyl sites for hydroxylation is 2. The minimum atomic E-state index is 0.217. The van der Waals surface area contributed by atoms with E-state index in [1.165, 1.54) is 22.4 Å². The third-order valence-corrected chi connectivity index (χ3v) is 5.64. The van der Waals surface area contributed by atoms with Gasteiger partial charge in [-0.1, -0.05) is 29.3 Å². The van der Waals surface area contributed by atoms with Crippen LogP contribution in [0.1, 0.15) is 16.7 Å². The summed E-state index contributed by atoms with van der Waals surface area (Å²) in [6, 6.07) is 6.41. The number of ketones is 1. The maximum atomic E-state index is 12.2. The molecule has 1 aromatic rings. The fourth-order valence-corrected chi connectivity index (χ4v) is 4.81. The molecule has 0 bridgehead atoms. The number of benzene rings is 1. The lowest BCUT2D eigenvalue weighted by atomic mass is 10.0. The van der Waals surface area contributed by atoms with Gasteiger partial charge in [-0.15, -0.1) is 11.8 Å². The summed E-state index contributed by atoms with van der Waals surface area (Å²) >= 11 is 3.74. The molecule has 1 aliphatic heterocycles. The van der Waals surface area contributed by atoms with E-state index in [0.717, 1.165) is 11.5 Å². The highest BCUT2D eigenvalue weighted by atomic mass is 32.2. The molecule has 0 radical (unpaired) electrons. The standard InChI is InChI=1S/C14H18OS2/c1-10-5-11(2)7-12(6-10)8-13(15)14-9-16-3-4-17-14/h5-7,14H,3-4,8-9H2,1-2H3. The van der Waals surface area contributed by atoms with Gasteiger partial charge in [0.2, 0.25) is 0 Å². The van der Waals surface area contributed by atoms with Gasteiger partial charge in [0.15, 0.2) is 5.78 Å². The van der Waals surface area contributed by atoms with Crippen molar-refractivity contribution >= 4 is 29.3 Å². The molecule has 3 heteroatoms. The summed E-state index contributed by atoms with van der Waals surface area (Å²) in [4.78, 5) is 12.2. The molecule has 0 amide bonds. The van der Waals surface area contributed by atoms with Crippen molar-refractivity contribution < 1.29 is 4.79 Å². The molecule has 2 rings (SSSR count). The molecule has 1 fully saturated rings. The van der Waals surface area contributed by atoms with Crippen molar-refractivity contribution in [3.05, 3.63) is 34.9 Å². The number of carbonyl (C=O) groups excluding carboxylic acids is 1. The van der Waals surface area contributed by atoms with E-state index in [1.807, 2.05) is 23.5 Å². The Labute approximate surface area is 112 Å². The van der Waals surface area contributed by atoms with Crippen molar-refractivity contribution in [2.75, 3.05) is 17.3 Å². The smallest absolute Gasteiger partial charge is 0.151 e. The van der Waals surface area contributed by atoms with E-state index in [1.54, 1.807) is 0 Å². The van der Waals surface area contributed by atoms with Gasteiger partial charge in [-0.2, -0.15) is 11.8 Å². The van der Waals surface area contributed by atoms with E-state index in [9.17, 15) is 4.79 Å². The molecule has 1 unspecified atom stereocenters. The third-order valence-electron chi connectivity index (χ3n) is 2.83. The van der Waals surface area contributed by atoms with Crippen molar-refractivity contribution in [2.45, 2.75) is 25.5 Å². The first kappa shape index (κ1) is 13.0. The van der Waals surface area contributed by atoms with Gasteiger partial charge in [0, 0.05) is 23.7 Å². The molecule has 1 saturated heterocycles. The second kappa shape index (κ2) is 5.96. The highest BCUT2D eigenvalue weighted by Gasteiger charge is 2.22. The van der Waals surface area contributed by atoms with E-state index in [0.29, 0.717) is 12.2 Å². The van der Waals surface area contributed by atoms with Gasteiger partial charge >= 0.3 is 0 Å². The van der Waals surface area contributed by atoms with Crippen molar-refractivity contribution in [3.63, 3.8) is 0 Å². The van der Waals surface area contributed by atoms with E-state index in [-0.39, 0.29) is 5.25 Å². The lowest BCUT2D eigenvalue weighted by molar-refractivity contribution is -0.117. The van der Waals surface area contributed by atoms with Crippen molar-refractivity contribution in [1.29, 1.82) is 0 Å². The van der Waals surface area contributed by atoms with E-state index < -0.39 is 0 Å². The van der Waals surface area contributed by atoms with E-state index >= 15 is 0 Å². The molecule has 1 nitrogen and oxygen atoms in total. The SMILES string of the molecule is Cc1cc(C)cc(CC(=O)C2CSCCS2)c1. The van der Waals surface area contributed by atoms with Crippen LogP contribution in [0.25, 0.3) is 0 Å². The molecule has 0 spiro atoms. The zero-order valence-corrected chi connectivity index (χ0v) is 12.0. The second-order valence-corrected chi connectivity index (χ2v) is 7.03. The Hall–Kier alpha value is -0.410. The molecule has 92 valence electrons. The molecule has 0 aliphatic carbocycles. The van der Waals surface area contributed by atoms with E-state index in [4.69, 9.17) is 0 Å². The number of hydrogen-bond donors (Lipinski definition) is 0. The summed E-state index contributed by atoms with van der Waals surface area (Å²) in [6.07, 6.45) is 0.598. The Kier molecular flexibility index (Phi) is 4.57. The number of Topliss-reactive ketones (excluding diaryl/α,β-unsaturated/α-hetero) is 1. The number of carbonyl (C=O) groups is 1. The van der Waals surface area contributed by atoms with Crippen LogP contribution < -0.4 is 0 Å². The van der Waals surface area contributed by atoms with Gasteiger partial charge in [0.05, 0.1) is 5.25 Å². The Morgan fingerprint density at radius 1 is 1.24 bits per heavy atom. The molecule has 1 heterocycles. The molecular weight excluding hydrogens is 248 g/mol. The van der Waals surface area contributed by atoms with Gasteiger partial charge < -0.3 is 0 Å².